The Morgan fingerprint density at radius 2 is 2.05 bits per heavy atom. The quantitative estimate of drug-likeness (QED) is 0.809. The molecule has 2 aliphatic heterocycles. The summed E-state index contributed by atoms with van der Waals surface area (Å²) in [5, 5.41) is 3.02. The highest BCUT2D eigenvalue weighted by molar-refractivity contribution is 5.78. The van der Waals surface area contributed by atoms with Crippen molar-refractivity contribution in [3.8, 4) is 0 Å². The van der Waals surface area contributed by atoms with Crippen molar-refractivity contribution in [3.63, 3.8) is 0 Å². The number of ether oxygens (including phenoxy) is 1. The molecular formula is C15H23N5O2. The van der Waals surface area contributed by atoms with Crippen molar-refractivity contribution in [2.75, 3.05) is 57.4 Å². The van der Waals surface area contributed by atoms with E-state index in [0.717, 1.165) is 45.1 Å². The zero-order chi connectivity index (χ0) is 15.2. The van der Waals surface area contributed by atoms with E-state index in [-0.39, 0.29) is 11.8 Å². The first-order valence-corrected chi connectivity index (χ1v) is 7.93. The maximum atomic E-state index is 11.9. The van der Waals surface area contributed by atoms with E-state index in [1.54, 1.807) is 12.4 Å². The van der Waals surface area contributed by atoms with E-state index in [9.17, 15) is 4.79 Å². The summed E-state index contributed by atoms with van der Waals surface area (Å²) >= 11 is 0. The summed E-state index contributed by atoms with van der Waals surface area (Å²) in [6.45, 7) is 6.67. The van der Waals surface area contributed by atoms with E-state index in [1.807, 2.05) is 6.07 Å². The van der Waals surface area contributed by atoms with E-state index in [1.165, 1.54) is 0 Å². The Kier molecular flexibility index (Phi) is 5.18. The van der Waals surface area contributed by atoms with Crippen LogP contribution in [0.3, 0.4) is 0 Å². The summed E-state index contributed by atoms with van der Waals surface area (Å²) in [6.07, 6.45) is 4.40. The maximum Gasteiger partial charge on any atom is 0.225 e. The second-order valence-electron chi connectivity index (χ2n) is 5.73. The predicted octanol–water partition coefficient (Wildman–Crippen LogP) is -0.249. The van der Waals surface area contributed by atoms with Gasteiger partial charge in [0, 0.05) is 58.3 Å². The van der Waals surface area contributed by atoms with Gasteiger partial charge in [-0.3, -0.25) is 9.69 Å². The van der Waals surface area contributed by atoms with Gasteiger partial charge in [-0.1, -0.05) is 0 Å². The molecule has 3 rings (SSSR count). The molecule has 0 aliphatic carbocycles. The van der Waals surface area contributed by atoms with Gasteiger partial charge < -0.3 is 15.0 Å². The summed E-state index contributed by atoms with van der Waals surface area (Å²) in [5.41, 5.74) is 0. The number of carbonyl (C=O) groups is 1. The summed E-state index contributed by atoms with van der Waals surface area (Å²) in [7, 11) is 0. The average molecular weight is 305 g/mol. The van der Waals surface area contributed by atoms with Crippen LogP contribution >= 0.6 is 0 Å². The van der Waals surface area contributed by atoms with Gasteiger partial charge in [0.1, 0.15) is 0 Å². The molecule has 1 aromatic rings. The van der Waals surface area contributed by atoms with E-state index in [2.05, 4.69) is 25.1 Å². The van der Waals surface area contributed by atoms with Crippen LogP contribution in [0.15, 0.2) is 18.5 Å². The largest absolute Gasteiger partial charge is 0.381 e. The molecule has 2 fully saturated rings. The molecule has 0 unspecified atom stereocenters. The SMILES string of the molecule is O=C(NCCN1CCN(c2ncccn2)CC1)[C@@H]1CCOC1. The van der Waals surface area contributed by atoms with Crippen LogP contribution in [0.2, 0.25) is 0 Å². The monoisotopic (exact) mass is 305 g/mol. The van der Waals surface area contributed by atoms with Crippen molar-refractivity contribution in [2.45, 2.75) is 6.42 Å². The first-order chi connectivity index (χ1) is 10.8. The molecule has 22 heavy (non-hydrogen) atoms. The van der Waals surface area contributed by atoms with Crippen LogP contribution in [0.4, 0.5) is 5.95 Å². The highest BCUT2D eigenvalue weighted by atomic mass is 16.5. The van der Waals surface area contributed by atoms with Crippen molar-refractivity contribution in [2.24, 2.45) is 5.92 Å². The standard InChI is InChI=1S/C15H23N5O2/c21-14(13-2-11-22-12-13)16-5-6-19-7-9-20(10-8-19)15-17-3-1-4-18-15/h1,3-4,13H,2,5-12H2,(H,16,21)/t13-/m1/s1. The number of piperazine rings is 1. The van der Waals surface area contributed by atoms with Gasteiger partial charge in [-0.2, -0.15) is 0 Å². The predicted molar refractivity (Wildman–Crippen MR) is 82.6 cm³/mol. The van der Waals surface area contributed by atoms with E-state index in [0.29, 0.717) is 19.8 Å². The Labute approximate surface area is 130 Å². The van der Waals surface area contributed by atoms with E-state index in [4.69, 9.17) is 4.74 Å². The Bertz CT molecular complexity index is 470. The van der Waals surface area contributed by atoms with E-state index < -0.39 is 0 Å². The van der Waals surface area contributed by atoms with Gasteiger partial charge in [0.05, 0.1) is 12.5 Å². The minimum atomic E-state index is 0.0482. The molecule has 0 spiro atoms. The van der Waals surface area contributed by atoms with Crippen LogP contribution in [0, 0.1) is 5.92 Å². The number of amides is 1. The van der Waals surface area contributed by atoms with Crippen molar-refractivity contribution in [1.82, 2.24) is 20.2 Å². The lowest BCUT2D eigenvalue weighted by Gasteiger charge is -2.34. The van der Waals surface area contributed by atoms with Crippen molar-refractivity contribution < 1.29 is 9.53 Å². The molecule has 1 N–H and O–H groups in total. The first kappa shape index (κ1) is 15.2. The molecule has 0 bridgehead atoms. The molecule has 1 amide bonds. The Balaban J connectivity index is 1.35. The van der Waals surface area contributed by atoms with Crippen LogP contribution in [-0.2, 0) is 9.53 Å². The third-order valence-electron chi connectivity index (χ3n) is 4.24. The van der Waals surface area contributed by atoms with Crippen LogP contribution in [0.5, 0.6) is 0 Å². The number of rotatable bonds is 5. The highest BCUT2D eigenvalue weighted by Crippen LogP contribution is 2.12. The van der Waals surface area contributed by atoms with Crippen LogP contribution in [0.25, 0.3) is 0 Å². The number of nitrogens with one attached hydrogen (secondary N) is 1. The van der Waals surface area contributed by atoms with Crippen molar-refractivity contribution in [3.05, 3.63) is 18.5 Å². The smallest absolute Gasteiger partial charge is 0.225 e. The van der Waals surface area contributed by atoms with Gasteiger partial charge in [-0.05, 0) is 12.5 Å². The molecule has 7 nitrogen and oxygen atoms in total. The molecule has 120 valence electrons. The molecule has 1 atom stereocenters. The minimum Gasteiger partial charge on any atom is -0.381 e. The fourth-order valence-electron chi connectivity index (χ4n) is 2.85. The number of anilines is 1. The van der Waals surface area contributed by atoms with Gasteiger partial charge in [-0.25, -0.2) is 9.97 Å². The number of hydrogen-bond donors (Lipinski definition) is 1. The zero-order valence-electron chi connectivity index (χ0n) is 12.8. The van der Waals surface area contributed by atoms with Gasteiger partial charge in [0.15, 0.2) is 0 Å². The molecule has 1 aromatic heterocycles. The summed E-state index contributed by atoms with van der Waals surface area (Å²) in [6, 6.07) is 1.83. The molecule has 0 aromatic carbocycles. The molecular weight excluding hydrogens is 282 g/mol. The Morgan fingerprint density at radius 1 is 1.27 bits per heavy atom. The minimum absolute atomic E-state index is 0.0482. The summed E-state index contributed by atoms with van der Waals surface area (Å²) in [5.74, 6) is 0.984. The fourth-order valence-corrected chi connectivity index (χ4v) is 2.85. The van der Waals surface area contributed by atoms with Gasteiger partial charge in [0.2, 0.25) is 11.9 Å². The lowest BCUT2D eigenvalue weighted by molar-refractivity contribution is -0.125. The van der Waals surface area contributed by atoms with Crippen LogP contribution in [0.1, 0.15) is 6.42 Å². The maximum absolute atomic E-state index is 11.9. The van der Waals surface area contributed by atoms with Crippen molar-refractivity contribution in [1.29, 1.82) is 0 Å². The molecule has 7 heteroatoms. The Hall–Kier alpha value is -1.73. The third kappa shape index (κ3) is 3.92. The highest BCUT2D eigenvalue weighted by Gasteiger charge is 2.23. The second-order valence-corrected chi connectivity index (χ2v) is 5.73. The number of aromatic nitrogens is 2. The fraction of sp³-hybridized carbons (Fsp3) is 0.667. The number of nitrogens with zero attached hydrogens (tertiary/aromatic N) is 4. The summed E-state index contributed by atoms with van der Waals surface area (Å²) in [4.78, 5) is 25.0. The topological polar surface area (TPSA) is 70.6 Å². The molecule has 0 radical (unpaired) electrons. The first-order valence-electron chi connectivity index (χ1n) is 7.93. The molecule has 2 aliphatic rings. The lowest BCUT2D eigenvalue weighted by Crippen LogP contribution is -2.49. The van der Waals surface area contributed by atoms with Gasteiger partial charge in [-0.15, -0.1) is 0 Å². The van der Waals surface area contributed by atoms with Gasteiger partial charge >= 0.3 is 0 Å². The van der Waals surface area contributed by atoms with Crippen molar-refractivity contribution >= 4 is 11.9 Å². The Morgan fingerprint density at radius 3 is 2.73 bits per heavy atom. The molecule has 3 heterocycles. The third-order valence-corrected chi connectivity index (χ3v) is 4.24. The molecule has 0 saturated carbocycles. The number of carbonyl (C=O) groups excluding carboxylic acids is 1. The van der Waals surface area contributed by atoms with Gasteiger partial charge in [0.25, 0.3) is 0 Å². The summed E-state index contributed by atoms with van der Waals surface area (Å²) < 4.78 is 5.24. The van der Waals surface area contributed by atoms with E-state index >= 15 is 0 Å². The lowest BCUT2D eigenvalue weighted by atomic mass is 10.1. The second kappa shape index (κ2) is 7.51. The van der Waals surface area contributed by atoms with Crippen LogP contribution < -0.4 is 10.2 Å². The zero-order valence-corrected chi connectivity index (χ0v) is 12.8. The normalized spacial score (nSPS) is 22.7. The van der Waals surface area contributed by atoms with Crippen LogP contribution in [-0.4, -0.2) is 73.3 Å². The number of hydrogen-bond acceptors (Lipinski definition) is 6. The molecule has 2 saturated heterocycles. The average Bonchev–Trinajstić information content (AvgIpc) is 3.11.